The number of H-pyrrole nitrogens is 1. The predicted molar refractivity (Wildman–Crippen MR) is 64.3 cm³/mol. The normalized spacial score (nSPS) is 10.5. The molecule has 7 heteroatoms. The summed E-state index contributed by atoms with van der Waals surface area (Å²) in [5, 5.41) is 16.0. The fourth-order valence-electron chi connectivity index (χ4n) is 1.46. The number of aromatic hydroxyl groups is 1. The maximum Gasteiger partial charge on any atom is 0.208 e. The van der Waals surface area contributed by atoms with Crippen molar-refractivity contribution in [1.29, 1.82) is 0 Å². The van der Waals surface area contributed by atoms with Gasteiger partial charge in [-0.05, 0) is 22.0 Å². The molecule has 0 aliphatic rings. The lowest BCUT2D eigenvalue weighted by atomic mass is 10.1. The first-order valence-electron chi connectivity index (χ1n) is 4.60. The number of nitrogens with one attached hydrogen (secondary N) is 1. The minimum Gasteiger partial charge on any atom is -0.504 e. The van der Waals surface area contributed by atoms with Gasteiger partial charge in [0.25, 0.3) is 0 Å². The highest BCUT2D eigenvalue weighted by Gasteiger charge is 2.19. The SMILES string of the molecule is COc1c(Br)cc(-c2cc(N)n[nH]2)c(O)c1F. The number of nitrogens with zero attached hydrogens (tertiary/aromatic N) is 1. The number of methoxy groups -OCH3 is 1. The Balaban J connectivity index is 2.64. The van der Waals surface area contributed by atoms with Crippen LogP contribution in [0.15, 0.2) is 16.6 Å². The first-order valence-corrected chi connectivity index (χ1v) is 5.40. The van der Waals surface area contributed by atoms with Gasteiger partial charge in [-0.3, -0.25) is 5.10 Å². The Morgan fingerprint density at radius 3 is 2.76 bits per heavy atom. The van der Waals surface area contributed by atoms with E-state index in [1.807, 2.05) is 0 Å². The van der Waals surface area contributed by atoms with Gasteiger partial charge in [-0.25, -0.2) is 0 Å². The Hall–Kier alpha value is -1.76. The number of benzene rings is 1. The molecule has 5 nitrogen and oxygen atoms in total. The van der Waals surface area contributed by atoms with E-state index in [-0.39, 0.29) is 17.1 Å². The van der Waals surface area contributed by atoms with Crippen molar-refractivity contribution in [3.05, 3.63) is 22.4 Å². The van der Waals surface area contributed by atoms with Crippen molar-refractivity contribution in [2.24, 2.45) is 0 Å². The number of aromatic amines is 1. The predicted octanol–water partition coefficient (Wildman–Crippen LogP) is 2.27. The van der Waals surface area contributed by atoms with E-state index in [0.717, 1.165) is 0 Å². The van der Waals surface area contributed by atoms with Crippen LogP contribution in [0.2, 0.25) is 0 Å². The summed E-state index contributed by atoms with van der Waals surface area (Å²) in [6.45, 7) is 0. The van der Waals surface area contributed by atoms with Crippen molar-refractivity contribution in [2.45, 2.75) is 0 Å². The average molecular weight is 302 g/mol. The number of hydrogen-bond acceptors (Lipinski definition) is 4. The number of aromatic nitrogens is 2. The quantitative estimate of drug-likeness (QED) is 0.794. The molecule has 0 atom stereocenters. The van der Waals surface area contributed by atoms with E-state index in [9.17, 15) is 9.50 Å². The fourth-order valence-corrected chi connectivity index (χ4v) is 2.02. The average Bonchev–Trinajstić information content (AvgIpc) is 2.71. The Morgan fingerprint density at radius 1 is 1.53 bits per heavy atom. The molecule has 17 heavy (non-hydrogen) atoms. The van der Waals surface area contributed by atoms with Crippen molar-refractivity contribution in [3.8, 4) is 22.8 Å². The molecule has 4 N–H and O–H groups in total. The van der Waals surface area contributed by atoms with E-state index in [2.05, 4.69) is 26.1 Å². The summed E-state index contributed by atoms with van der Waals surface area (Å²) >= 11 is 3.15. The highest BCUT2D eigenvalue weighted by molar-refractivity contribution is 9.10. The van der Waals surface area contributed by atoms with E-state index in [4.69, 9.17) is 10.5 Å². The second-order valence-corrected chi connectivity index (χ2v) is 4.16. The molecule has 1 heterocycles. The summed E-state index contributed by atoms with van der Waals surface area (Å²) in [7, 11) is 1.32. The molecule has 0 bridgehead atoms. The van der Waals surface area contributed by atoms with Gasteiger partial charge < -0.3 is 15.6 Å². The lowest BCUT2D eigenvalue weighted by Gasteiger charge is -2.09. The van der Waals surface area contributed by atoms with E-state index in [0.29, 0.717) is 10.2 Å². The molecule has 1 aromatic carbocycles. The van der Waals surface area contributed by atoms with Crippen LogP contribution in [0.5, 0.6) is 11.5 Å². The zero-order chi connectivity index (χ0) is 12.6. The van der Waals surface area contributed by atoms with Gasteiger partial charge in [-0.2, -0.15) is 9.49 Å². The number of hydrogen-bond donors (Lipinski definition) is 3. The number of nitrogens with two attached hydrogens (primary N) is 1. The van der Waals surface area contributed by atoms with Crippen molar-refractivity contribution >= 4 is 21.7 Å². The van der Waals surface area contributed by atoms with Gasteiger partial charge >= 0.3 is 0 Å². The number of phenolic OH excluding ortho intramolecular Hbond substituents is 1. The summed E-state index contributed by atoms with van der Waals surface area (Å²) in [4.78, 5) is 0. The third kappa shape index (κ3) is 1.93. The van der Waals surface area contributed by atoms with Crippen LogP contribution in [0.1, 0.15) is 0 Å². The van der Waals surface area contributed by atoms with E-state index in [1.165, 1.54) is 19.2 Å². The molecule has 2 aromatic rings. The standard InChI is InChI=1S/C10H9BrFN3O2/c1-17-10-5(11)2-4(9(16)8(10)12)6-3-7(13)15-14-6/h2-3,16H,1H3,(H3,13,14,15). The molecule has 0 saturated heterocycles. The Kier molecular flexibility index (Phi) is 2.93. The van der Waals surface area contributed by atoms with Crippen LogP contribution in [0.4, 0.5) is 10.2 Å². The topological polar surface area (TPSA) is 84.2 Å². The maximum absolute atomic E-state index is 13.7. The van der Waals surface area contributed by atoms with Crippen molar-refractivity contribution < 1.29 is 14.2 Å². The van der Waals surface area contributed by atoms with Gasteiger partial charge in [0.1, 0.15) is 5.82 Å². The molecule has 0 fully saturated rings. The summed E-state index contributed by atoms with van der Waals surface area (Å²) < 4.78 is 19.0. The summed E-state index contributed by atoms with van der Waals surface area (Å²) in [5.74, 6) is -1.16. The zero-order valence-corrected chi connectivity index (χ0v) is 10.4. The summed E-state index contributed by atoms with van der Waals surface area (Å²) in [6, 6.07) is 3.01. The molecule has 1 aromatic heterocycles. The highest BCUT2D eigenvalue weighted by Crippen LogP contribution is 2.40. The van der Waals surface area contributed by atoms with E-state index >= 15 is 0 Å². The molecular formula is C10H9BrFN3O2. The van der Waals surface area contributed by atoms with Crippen LogP contribution in [0, 0.1) is 5.82 Å². The van der Waals surface area contributed by atoms with Gasteiger partial charge in [-0.1, -0.05) is 0 Å². The molecule has 90 valence electrons. The fraction of sp³-hybridized carbons (Fsp3) is 0.100. The molecule has 0 radical (unpaired) electrons. The second-order valence-electron chi connectivity index (χ2n) is 3.31. The van der Waals surface area contributed by atoms with E-state index in [1.54, 1.807) is 0 Å². The molecule has 0 saturated carbocycles. The number of rotatable bonds is 2. The maximum atomic E-state index is 13.7. The lowest BCUT2D eigenvalue weighted by Crippen LogP contribution is -1.92. The third-order valence-electron chi connectivity index (χ3n) is 2.24. The minimum atomic E-state index is -0.843. The van der Waals surface area contributed by atoms with Crippen LogP contribution in [-0.2, 0) is 0 Å². The van der Waals surface area contributed by atoms with E-state index < -0.39 is 11.6 Å². The first kappa shape index (κ1) is 11.7. The van der Waals surface area contributed by atoms with Gasteiger partial charge in [0.2, 0.25) is 5.82 Å². The van der Waals surface area contributed by atoms with Gasteiger partial charge in [0, 0.05) is 11.6 Å². The zero-order valence-electron chi connectivity index (χ0n) is 8.79. The number of nitrogen functional groups attached to an aromatic ring is 1. The van der Waals surface area contributed by atoms with Crippen LogP contribution in [0.25, 0.3) is 11.3 Å². The molecule has 0 amide bonds. The molecule has 2 rings (SSSR count). The summed E-state index contributed by atoms with van der Waals surface area (Å²) in [5.41, 5.74) is 6.11. The van der Waals surface area contributed by atoms with Gasteiger partial charge in [-0.15, -0.1) is 0 Å². The number of anilines is 1. The van der Waals surface area contributed by atoms with Crippen molar-refractivity contribution in [3.63, 3.8) is 0 Å². The third-order valence-corrected chi connectivity index (χ3v) is 2.83. The second kappa shape index (κ2) is 4.25. The largest absolute Gasteiger partial charge is 0.504 e. The monoisotopic (exact) mass is 301 g/mol. The van der Waals surface area contributed by atoms with Gasteiger partial charge in [0.15, 0.2) is 11.5 Å². The van der Waals surface area contributed by atoms with Crippen molar-refractivity contribution in [2.75, 3.05) is 12.8 Å². The summed E-state index contributed by atoms with van der Waals surface area (Å²) in [6.07, 6.45) is 0. The molecule has 0 aliphatic heterocycles. The van der Waals surface area contributed by atoms with Crippen molar-refractivity contribution in [1.82, 2.24) is 10.2 Å². The first-order chi connectivity index (χ1) is 8.04. The van der Waals surface area contributed by atoms with Crippen LogP contribution < -0.4 is 10.5 Å². The highest BCUT2D eigenvalue weighted by atomic mass is 79.9. The number of ether oxygens (including phenoxy) is 1. The smallest absolute Gasteiger partial charge is 0.208 e. The van der Waals surface area contributed by atoms with Crippen LogP contribution in [-0.4, -0.2) is 22.4 Å². The lowest BCUT2D eigenvalue weighted by molar-refractivity contribution is 0.363. The Labute approximate surface area is 105 Å². The number of halogens is 2. The molecule has 0 unspecified atom stereocenters. The van der Waals surface area contributed by atoms with Gasteiger partial charge in [0.05, 0.1) is 17.3 Å². The Bertz CT molecular complexity index is 571. The molecule has 0 aliphatic carbocycles. The number of phenols is 1. The Morgan fingerprint density at radius 2 is 2.24 bits per heavy atom. The van der Waals surface area contributed by atoms with Crippen LogP contribution in [0.3, 0.4) is 0 Å². The van der Waals surface area contributed by atoms with Crippen LogP contribution >= 0.6 is 15.9 Å². The minimum absolute atomic E-state index is 0.0567. The molecular weight excluding hydrogens is 293 g/mol. The molecule has 0 spiro atoms.